The fourth-order valence-corrected chi connectivity index (χ4v) is 1.10. The molecule has 16 heavy (non-hydrogen) atoms. The van der Waals surface area contributed by atoms with Gasteiger partial charge in [-0.3, -0.25) is 0 Å². The molecule has 1 heterocycles. The summed E-state index contributed by atoms with van der Waals surface area (Å²) in [5.41, 5.74) is -0.290. The SMILES string of the molecule is COc1ncc(Cl)c(NCC(C)(C)OC)n1. The molecule has 0 aliphatic rings. The van der Waals surface area contributed by atoms with Crippen molar-refractivity contribution < 1.29 is 9.47 Å². The van der Waals surface area contributed by atoms with Crippen LogP contribution in [0, 0.1) is 0 Å². The standard InChI is InChI=1S/C10H16ClN3O2/c1-10(2,16-4)6-13-8-7(11)5-12-9(14-8)15-3/h5H,6H2,1-4H3,(H,12,13,14). The van der Waals surface area contributed by atoms with Gasteiger partial charge in [0.05, 0.1) is 18.9 Å². The van der Waals surface area contributed by atoms with E-state index in [0.29, 0.717) is 17.4 Å². The van der Waals surface area contributed by atoms with E-state index in [1.807, 2.05) is 13.8 Å². The summed E-state index contributed by atoms with van der Waals surface area (Å²) in [5, 5.41) is 3.54. The van der Waals surface area contributed by atoms with E-state index < -0.39 is 0 Å². The Balaban J connectivity index is 2.73. The first-order valence-electron chi connectivity index (χ1n) is 4.84. The van der Waals surface area contributed by atoms with Crippen molar-refractivity contribution in [2.45, 2.75) is 19.4 Å². The Labute approximate surface area is 100 Å². The second-order valence-electron chi connectivity index (χ2n) is 3.87. The first-order chi connectivity index (χ1) is 7.48. The minimum absolute atomic E-state index is 0.280. The van der Waals surface area contributed by atoms with E-state index in [0.717, 1.165) is 0 Å². The molecule has 1 rings (SSSR count). The molecule has 0 aliphatic heterocycles. The number of halogens is 1. The van der Waals surface area contributed by atoms with Crippen molar-refractivity contribution in [2.24, 2.45) is 0 Å². The Hall–Kier alpha value is -1.07. The molecule has 90 valence electrons. The van der Waals surface area contributed by atoms with E-state index in [4.69, 9.17) is 21.1 Å². The van der Waals surface area contributed by atoms with Crippen molar-refractivity contribution in [2.75, 3.05) is 26.1 Å². The molecule has 0 saturated carbocycles. The lowest BCUT2D eigenvalue weighted by atomic mass is 10.1. The zero-order valence-corrected chi connectivity index (χ0v) is 10.6. The van der Waals surface area contributed by atoms with Gasteiger partial charge in [-0.15, -0.1) is 0 Å². The number of anilines is 1. The second kappa shape index (κ2) is 5.32. The van der Waals surface area contributed by atoms with E-state index in [1.165, 1.54) is 13.3 Å². The molecular weight excluding hydrogens is 230 g/mol. The largest absolute Gasteiger partial charge is 0.467 e. The quantitative estimate of drug-likeness (QED) is 0.860. The van der Waals surface area contributed by atoms with Crippen molar-refractivity contribution in [3.8, 4) is 6.01 Å². The van der Waals surface area contributed by atoms with Gasteiger partial charge in [-0.25, -0.2) is 4.98 Å². The van der Waals surface area contributed by atoms with Gasteiger partial charge in [-0.05, 0) is 13.8 Å². The van der Waals surface area contributed by atoms with Gasteiger partial charge in [-0.1, -0.05) is 11.6 Å². The molecule has 0 fully saturated rings. The van der Waals surface area contributed by atoms with Crippen molar-refractivity contribution >= 4 is 17.4 Å². The van der Waals surface area contributed by atoms with E-state index in [2.05, 4.69) is 15.3 Å². The van der Waals surface area contributed by atoms with Gasteiger partial charge in [0.15, 0.2) is 5.82 Å². The van der Waals surface area contributed by atoms with Crippen LogP contribution in [0.1, 0.15) is 13.8 Å². The third-order valence-electron chi connectivity index (χ3n) is 2.14. The highest BCUT2D eigenvalue weighted by Crippen LogP contribution is 2.21. The van der Waals surface area contributed by atoms with Gasteiger partial charge in [0.2, 0.25) is 0 Å². The van der Waals surface area contributed by atoms with Crippen LogP contribution >= 0.6 is 11.6 Å². The number of aromatic nitrogens is 2. The average Bonchev–Trinajstić information content (AvgIpc) is 2.28. The highest BCUT2D eigenvalue weighted by molar-refractivity contribution is 6.32. The molecule has 0 radical (unpaired) electrons. The molecule has 0 atom stereocenters. The van der Waals surface area contributed by atoms with Crippen molar-refractivity contribution in [3.63, 3.8) is 0 Å². The Bertz CT molecular complexity index is 358. The first kappa shape index (κ1) is 13.0. The number of hydrogen-bond acceptors (Lipinski definition) is 5. The molecule has 6 heteroatoms. The maximum absolute atomic E-state index is 5.94. The minimum Gasteiger partial charge on any atom is -0.467 e. The summed E-state index contributed by atoms with van der Waals surface area (Å²) in [5.74, 6) is 0.540. The molecule has 0 aromatic carbocycles. The minimum atomic E-state index is -0.290. The third-order valence-corrected chi connectivity index (χ3v) is 2.42. The molecule has 0 amide bonds. The predicted octanol–water partition coefficient (Wildman–Crippen LogP) is 1.98. The summed E-state index contributed by atoms with van der Waals surface area (Å²) in [6, 6.07) is 0.280. The van der Waals surface area contributed by atoms with Gasteiger partial charge in [0, 0.05) is 13.7 Å². The number of rotatable bonds is 5. The Morgan fingerprint density at radius 3 is 2.69 bits per heavy atom. The normalized spacial score (nSPS) is 11.3. The maximum atomic E-state index is 5.94. The van der Waals surface area contributed by atoms with E-state index in [-0.39, 0.29) is 11.6 Å². The monoisotopic (exact) mass is 245 g/mol. The van der Waals surface area contributed by atoms with Crippen LogP contribution in [0.5, 0.6) is 6.01 Å². The second-order valence-corrected chi connectivity index (χ2v) is 4.28. The highest BCUT2D eigenvalue weighted by Gasteiger charge is 2.17. The Kier molecular flexibility index (Phi) is 4.32. The van der Waals surface area contributed by atoms with Crippen molar-refractivity contribution in [1.29, 1.82) is 0 Å². The fourth-order valence-electron chi connectivity index (χ4n) is 0.942. The number of ether oxygens (including phenoxy) is 2. The molecule has 0 unspecified atom stereocenters. The van der Waals surface area contributed by atoms with Crippen LogP contribution in [0.2, 0.25) is 5.02 Å². The van der Waals surface area contributed by atoms with Crippen LogP contribution in [0.25, 0.3) is 0 Å². The number of nitrogens with one attached hydrogen (secondary N) is 1. The lowest BCUT2D eigenvalue weighted by molar-refractivity contribution is 0.0343. The number of nitrogens with zero attached hydrogens (tertiary/aromatic N) is 2. The smallest absolute Gasteiger partial charge is 0.318 e. The zero-order chi connectivity index (χ0) is 12.2. The summed E-state index contributed by atoms with van der Waals surface area (Å²) in [7, 11) is 3.16. The van der Waals surface area contributed by atoms with E-state index in [1.54, 1.807) is 7.11 Å². The summed E-state index contributed by atoms with van der Waals surface area (Å²) in [6.07, 6.45) is 1.50. The van der Waals surface area contributed by atoms with Crippen LogP contribution in [-0.4, -0.2) is 36.3 Å². The van der Waals surface area contributed by atoms with Gasteiger partial charge in [-0.2, -0.15) is 4.98 Å². The topological polar surface area (TPSA) is 56.3 Å². The average molecular weight is 246 g/mol. The molecule has 0 bridgehead atoms. The molecule has 5 nitrogen and oxygen atoms in total. The van der Waals surface area contributed by atoms with Crippen LogP contribution in [-0.2, 0) is 4.74 Å². The van der Waals surface area contributed by atoms with Crippen LogP contribution < -0.4 is 10.1 Å². The first-order valence-corrected chi connectivity index (χ1v) is 5.22. The molecular formula is C10H16ClN3O2. The number of hydrogen-bond donors (Lipinski definition) is 1. The fraction of sp³-hybridized carbons (Fsp3) is 0.600. The predicted molar refractivity (Wildman–Crippen MR) is 63.2 cm³/mol. The molecule has 0 aliphatic carbocycles. The van der Waals surface area contributed by atoms with Crippen LogP contribution in [0.3, 0.4) is 0 Å². The van der Waals surface area contributed by atoms with Gasteiger partial charge >= 0.3 is 6.01 Å². The van der Waals surface area contributed by atoms with Crippen molar-refractivity contribution in [3.05, 3.63) is 11.2 Å². The summed E-state index contributed by atoms with van der Waals surface area (Å²) >= 11 is 5.94. The maximum Gasteiger partial charge on any atom is 0.318 e. The van der Waals surface area contributed by atoms with Gasteiger partial charge in [0.25, 0.3) is 0 Å². The zero-order valence-electron chi connectivity index (χ0n) is 9.87. The lowest BCUT2D eigenvalue weighted by Gasteiger charge is -2.23. The summed E-state index contributed by atoms with van der Waals surface area (Å²) in [6.45, 7) is 4.52. The molecule has 1 aromatic rings. The van der Waals surface area contributed by atoms with Crippen molar-refractivity contribution in [1.82, 2.24) is 9.97 Å². The molecule has 0 saturated heterocycles. The Morgan fingerprint density at radius 2 is 2.12 bits per heavy atom. The lowest BCUT2D eigenvalue weighted by Crippen LogP contribution is -2.32. The van der Waals surface area contributed by atoms with E-state index in [9.17, 15) is 0 Å². The molecule has 0 spiro atoms. The summed E-state index contributed by atoms with van der Waals surface area (Å²) < 4.78 is 10.2. The molecule has 1 aromatic heterocycles. The van der Waals surface area contributed by atoms with Gasteiger partial charge < -0.3 is 14.8 Å². The van der Waals surface area contributed by atoms with Crippen LogP contribution in [0.4, 0.5) is 5.82 Å². The van der Waals surface area contributed by atoms with E-state index >= 15 is 0 Å². The van der Waals surface area contributed by atoms with Gasteiger partial charge in [0.1, 0.15) is 5.02 Å². The Morgan fingerprint density at radius 1 is 1.44 bits per heavy atom. The molecule has 1 N–H and O–H groups in total. The third kappa shape index (κ3) is 3.50. The summed E-state index contributed by atoms with van der Waals surface area (Å²) in [4.78, 5) is 7.98. The number of methoxy groups -OCH3 is 2. The van der Waals surface area contributed by atoms with Crippen LogP contribution in [0.15, 0.2) is 6.20 Å². The highest BCUT2D eigenvalue weighted by atomic mass is 35.5.